The van der Waals surface area contributed by atoms with Gasteiger partial charge in [-0.15, -0.1) is 0 Å². The predicted molar refractivity (Wildman–Crippen MR) is 74.7 cm³/mol. The van der Waals surface area contributed by atoms with Crippen molar-refractivity contribution < 1.29 is 0 Å². The zero-order valence-electron chi connectivity index (χ0n) is 11.2. The van der Waals surface area contributed by atoms with Crippen LogP contribution in [0.5, 0.6) is 0 Å². The molecule has 17 heavy (non-hydrogen) atoms. The van der Waals surface area contributed by atoms with Gasteiger partial charge in [0.1, 0.15) is 0 Å². The third kappa shape index (κ3) is 2.81. The molecule has 0 bridgehead atoms. The van der Waals surface area contributed by atoms with Gasteiger partial charge >= 0.3 is 0 Å². The number of hydrogen-bond donors (Lipinski definition) is 1. The van der Waals surface area contributed by atoms with Gasteiger partial charge in [-0.05, 0) is 48.9 Å². The van der Waals surface area contributed by atoms with E-state index in [0.29, 0.717) is 12.0 Å². The number of nitrogens with zero attached hydrogens (tertiary/aromatic N) is 1. The second-order valence-corrected chi connectivity index (χ2v) is 5.52. The summed E-state index contributed by atoms with van der Waals surface area (Å²) >= 11 is 0. The van der Waals surface area contributed by atoms with Crippen LogP contribution < -0.4 is 10.6 Å². The van der Waals surface area contributed by atoms with Gasteiger partial charge < -0.3 is 10.6 Å². The minimum absolute atomic E-state index is 0.405. The first kappa shape index (κ1) is 12.4. The molecule has 1 fully saturated rings. The van der Waals surface area contributed by atoms with Gasteiger partial charge in [-0.25, -0.2) is 0 Å². The second-order valence-electron chi connectivity index (χ2n) is 5.52. The van der Waals surface area contributed by atoms with E-state index in [2.05, 4.69) is 43.9 Å². The number of benzene rings is 1. The van der Waals surface area contributed by atoms with Crippen LogP contribution >= 0.6 is 0 Å². The standard InChI is InChI=1S/C15H24N2/c1-11(2)15-5-4-14(10-12(15)3)17-8-6-13(16)7-9-17/h4-5,10-11,13H,6-9,16H2,1-3H3. The largest absolute Gasteiger partial charge is 0.371 e. The predicted octanol–water partition coefficient (Wildman–Crippen LogP) is 3.05. The number of nitrogens with two attached hydrogens (primary N) is 1. The fourth-order valence-electron chi connectivity index (χ4n) is 2.66. The van der Waals surface area contributed by atoms with E-state index < -0.39 is 0 Å². The van der Waals surface area contributed by atoms with Gasteiger partial charge in [0.05, 0.1) is 0 Å². The molecular formula is C15H24N2. The van der Waals surface area contributed by atoms with Crippen molar-refractivity contribution >= 4 is 5.69 Å². The lowest BCUT2D eigenvalue weighted by Gasteiger charge is -2.32. The van der Waals surface area contributed by atoms with Gasteiger partial charge in [-0.2, -0.15) is 0 Å². The second kappa shape index (κ2) is 5.09. The molecule has 94 valence electrons. The van der Waals surface area contributed by atoms with Crippen molar-refractivity contribution in [1.82, 2.24) is 0 Å². The lowest BCUT2D eigenvalue weighted by molar-refractivity contribution is 0.501. The number of hydrogen-bond acceptors (Lipinski definition) is 2. The van der Waals surface area contributed by atoms with Gasteiger partial charge in [-0.1, -0.05) is 19.9 Å². The van der Waals surface area contributed by atoms with E-state index in [9.17, 15) is 0 Å². The summed E-state index contributed by atoms with van der Waals surface area (Å²) in [7, 11) is 0. The summed E-state index contributed by atoms with van der Waals surface area (Å²) in [6, 6.07) is 7.28. The van der Waals surface area contributed by atoms with Crippen molar-refractivity contribution in [2.45, 2.75) is 45.6 Å². The maximum Gasteiger partial charge on any atom is 0.0369 e. The lowest BCUT2D eigenvalue weighted by atomic mass is 9.97. The molecule has 0 unspecified atom stereocenters. The Morgan fingerprint density at radius 1 is 1.24 bits per heavy atom. The number of anilines is 1. The lowest BCUT2D eigenvalue weighted by Crippen LogP contribution is -2.39. The zero-order valence-corrected chi connectivity index (χ0v) is 11.2. The van der Waals surface area contributed by atoms with Crippen LogP contribution in [0.25, 0.3) is 0 Å². The fourth-order valence-corrected chi connectivity index (χ4v) is 2.66. The van der Waals surface area contributed by atoms with Crippen molar-refractivity contribution in [2.24, 2.45) is 5.73 Å². The van der Waals surface area contributed by atoms with Crippen molar-refractivity contribution in [2.75, 3.05) is 18.0 Å². The van der Waals surface area contributed by atoms with Crippen LogP contribution in [-0.4, -0.2) is 19.1 Å². The Bertz CT molecular complexity index is 377. The molecular weight excluding hydrogens is 208 g/mol. The molecule has 0 aliphatic carbocycles. The number of rotatable bonds is 2. The molecule has 2 heteroatoms. The Labute approximate surface area is 105 Å². The molecule has 2 N–H and O–H groups in total. The van der Waals surface area contributed by atoms with Crippen LogP contribution in [-0.2, 0) is 0 Å². The highest BCUT2D eigenvalue weighted by Gasteiger charge is 2.16. The molecule has 0 atom stereocenters. The van der Waals surface area contributed by atoms with Gasteiger partial charge in [-0.3, -0.25) is 0 Å². The topological polar surface area (TPSA) is 29.3 Å². The summed E-state index contributed by atoms with van der Waals surface area (Å²) in [4.78, 5) is 2.46. The Morgan fingerprint density at radius 2 is 1.88 bits per heavy atom. The molecule has 0 saturated carbocycles. The number of piperidine rings is 1. The first-order valence-electron chi connectivity index (χ1n) is 6.69. The van der Waals surface area contributed by atoms with E-state index in [4.69, 9.17) is 5.73 Å². The molecule has 1 aliphatic heterocycles. The van der Waals surface area contributed by atoms with Gasteiger partial charge in [0.25, 0.3) is 0 Å². The molecule has 0 amide bonds. The average Bonchev–Trinajstić information content (AvgIpc) is 2.29. The third-order valence-electron chi connectivity index (χ3n) is 3.78. The molecule has 1 aromatic carbocycles. The number of aryl methyl sites for hydroxylation is 1. The van der Waals surface area contributed by atoms with Gasteiger partial charge in [0.2, 0.25) is 0 Å². The first-order chi connectivity index (χ1) is 8.08. The summed E-state index contributed by atoms with van der Waals surface area (Å²) < 4.78 is 0. The van der Waals surface area contributed by atoms with Crippen LogP contribution in [0.3, 0.4) is 0 Å². The Hall–Kier alpha value is -1.02. The van der Waals surface area contributed by atoms with Gasteiger partial charge in [0.15, 0.2) is 0 Å². The van der Waals surface area contributed by atoms with Crippen molar-refractivity contribution in [1.29, 1.82) is 0 Å². The van der Waals surface area contributed by atoms with E-state index >= 15 is 0 Å². The molecule has 1 saturated heterocycles. The van der Waals surface area contributed by atoms with Crippen LogP contribution in [0.1, 0.15) is 43.7 Å². The normalized spacial score (nSPS) is 17.8. The minimum atomic E-state index is 0.405. The van der Waals surface area contributed by atoms with Crippen LogP contribution in [0.15, 0.2) is 18.2 Å². The summed E-state index contributed by atoms with van der Waals surface area (Å²) in [5, 5.41) is 0. The van der Waals surface area contributed by atoms with Crippen LogP contribution in [0.4, 0.5) is 5.69 Å². The minimum Gasteiger partial charge on any atom is -0.371 e. The Kier molecular flexibility index (Phi) is 3.72. The van der Waals surface area contributed by atoms with E-state index in [1.54, 1.807) is 0 Å². The van der Waals surface area contributed by atoms with E-state index in [1.807, 2.05) is 0 Å². The molecule has 1 aromatic rings. The molecule has 0 aromatic heterocycles. The summed E-state index contributed by atoms with van der Waals surface area (Å²) in [6.45, 7) is 8.92. The zero-order chi connectivity index (χ0) is 12.4. The van der Waals surface area contributed by atoms with Crippen molar-refractivity contribution in [3.05, 3.63) is 29.3 Å². The highest BCUT2D eigenvalue weighted by atomic mass is 15.1. The third-order valence-corrected chi connectivity index (χ3v) is 3.78. The Morgan fingerprint density at radius 3 is 2.41 bits per heavy atom. The van der Waals surface area contributed by atoms with Crippen LogP contribution in [0.2, 0.25) is 0 Å². The van der Waals surface area contributed by atoms with Crippen molar-refractivity contribution in [3.8, 4) is 0 Å². The molecule has 2 rings (SSSR count). The van der Waals surface area contributed by atoms with E-state index in [1.165, 1.54) is 16.8 Å². The van der Waals surface area contributed by atoms with E-state index in [-0.39, 0.29) is 0 Å². The highest BCUT2D eigenvalue weighted by molar-refractivity contribution is 5.51. The molecule has 2 nitrogen and oxygen atoms in total. The van der Waals surface area contributed by atoms with Crippen molar-refractivity contribution in [3.63, 3.8) is 0 Å². The molecule has 1 aliphatic rings. The molecule has 0 spiro atoms. The summed E-state index contributed by atoms with van der Waals surface area (Å²) in [5.41, 5.74) is 10.2. The summed E-state index contributed by atoms with van der Waals surface area (Å²) in [5.74, 6) is 0.610. The van der Waals surface area contributed by atoms with Gasteiger partial charge in [0, 0.05) is 24.8 Å². The molecule has 1 heterocycles. The highest BCUT2D eigenvalue weighted by Crippen LogP contribution is 2.26. The SMILES string of the molecule is Cc1cc(N2CCC(N)CC2)ccc1C(C)C. The maximum absolute atomic E-state index is 5.94. The van der Waals surface area contributed by atoms with E-state index in [0.717, 1.165) is 25.9 Å². The Balaban J connectivity index is 2.14. The summed E-state index contributed by atoms with van der Waals surface area (Å²) in [6.07, 6.45) is 2.23. The van der Waals surface area contributed by atoms with Crippen LogP contribution in [0, 0.1) is 6.92 Å². The first-order valence-corrected chi connectivity index (χ1v) is 6.69. The molecule has 0 radical (unpaired) electrons. The average molecular weight is 232 g/mol. The quantitative estimate of drug-likeness (QED) is 0.849. The fraction of sp³-hybridized carbons (Fsp3) is 0.600. The maximum atomic E-state index is 5.94. The smallest absolute Gasteiger partial charge is 0.0369 e. The monoisotopic (exact) mass is 232 g/mol.